The summed E-state index contributed by atoms with van der Waals surface area (Å²) in [5.41, 5.74) is -0.859. The lowest BCUT2D eigenvalue weighted by molar-refractivity contribution is -0.114. The van der Waals surface area contributed by atoms with E-state index in [2.05, 4.69) is 0 Å². The summed E-state index contributed by atoms with van der Waals surface area (Å²) in [5.74, 6) is 0.0401. The van der Waals surface area contributed by atoms with E-state index in [1.54, 1.807) is 13.8 Å². The second kappa shape index (κ2) is 3.39. The summed E-state index contributed by atoms with van der Waals surface area (Å²) >= 11 is 0. The summed E-state index contributed by atoms with van der Waals surface area (Å²) in [6.07, 6.45) is 0.0112. The Balaban J connectivity index is 3.87. The maximum atomic E-state index is 10.6. The first-order valence-corrected chi connectivity index (χ1v) is 4.59. The van der Waals surface area contributed by atoms with Gasteiger partial charge in [0, 0.05) is 0 Å². The predicted octanol–water partition coefficient (Wildman–Crippen LogP) is 0.299. The minimum Gasteiger partial charge on any atom is -0.244 e. The van der Waals surface area contributed by atoms with Gasteiger partial charge < -0.3 is 0 Å². The second-order valence-corrected chi connectivity index (χ2v) is 4.20. The van der Waals surface area contributed by atoms with Crippen LogP contribution in [0.4, 0.5) is 0 Å². The van der Waals surface area contributed by atoms with Gasteiger partial charge >= 0.3 is 13.5 Å². The molecule has 5 heteroatoms. The molecule has 0 bridgehead atoms. The number of carbonyl (C=O) groups is 1. The van der Waals surface area contributed by atoms with E-state index < -0.39 is 13.5 Å². The van der Waals surface area contributed by atoms with Crippen molar-refractivity contribution in [1.29, 1.82) is 0 Å². The second-order valence-electron chi connectivity index (χ2n) is 2.56. The van der Waals surface area contributed by atoms with E-state index in [1.807, 2.05) is 0 Å². The van der Waals surface area contributed by atoms with E-state index in [1.165, 1.54) is 0 Å². The minimum absolute atomic E-state index is 0.0112. The maximum absolute atomic E-state index is 10.6. The van der Waals surface area contributed by atoms with Crippen molar-refractivity contribution in [3.05, 3.63) is 0 Å². The zero-order chi connectivity index (χ0) is 8.36. The molecule has 0 amide bonds. The lowest BCUT2D eigenvalue weighted by Crippen LogP contribution is -2.07. The van der Waals surface area contributed by atoms with Crippen LogP contribution in [0.3, 0.4) is 0 Å². The average Bonchev–Trinajstić information content (AvgIpc) is 1.60. The van der Waals surface area contributed by atoms with Crippen molar-refractivity contribution in [2.75, 3.05) is 0 Å². The maximum Gasteiger partial charge on any atom is 0.478 e. The molecule has 0 radical (unpaired) electrons. The molecule has 0 aliphatic carbocycles. The fraction of sp³-hybridized carbons (Fsp3) is 0.800. The van der Waals surface area contributed by atoms with E-state index in [-0.39, 0.29) is 12.3 Å². The predicted molar refractivity (Wildman–Crippen MR) is 38.0 cm³/mol. The van der Waals surface area contributed by atoms with Gasteiger partial charge in [0.05, 0.1) is 6.42 Å². The van der Waals surface area contributed by atoms with Crippen LogP contribution in [0.2, 0.25) is 0 Å². The van der Waals surface area contributed by atoms with Crippen molar-refractivity contribution in [2.45, 2.75) is 20.3 Å². The standard InChI is InChI=1S/C5H12O4P/c1-4(2)3-5(6)10(7,8)9/h4,7-9H,3H2,1-2H3/q+1. The largest absolute Gasteiger partial charge is 0.478 e. The van der Waals surface area contributed by atoms with Crippen LogP contribution >= 0.6 is 7.94 Å². The van der Waals surface area contributed by atoms with E-state index in [0.717, 1.165) is 0 Å². The fourth-order valence-corrected chi connectivity index (χ4v) is 1.08. The zero-order valence-electron chi connectivity index (χ0n) is 5.98. The molecule has 0 heterocycles. The third-order valence-electron chi connectivity index (χ3n) is 0.917. The number of carbonyl (C=O) groups excluding carboxylic acids is 1. The van der Waals surface area contributed by atoms with Gasteiger partial charge in [0.15, 0.2) is 0 Å². The molecule has 3 N–H and O–H groups in total. The number of hydrogen-bond donors (Lipinski definition) is 3. The molecule has 10 heavy (non-hydrogen) atoms. The van der Waals surface area contributed by atoms with E-state index in [4.69, 9.17) is 14.7 Å². The first kappa shape index (κ1) is 9.98. The van der Waals surface area contributed by atoms with Crippen LogP contribution in [0.25, 0.3) is 0 Å². The SMILES string of the molecule is CC(C)CC(=O)[P+](O)(O)O. The van der Waals surface area contributed by atoms with Gasteiger partial charge in [-0.15, -0.1) is 0 Å². The number of rotatable bonds is 3. The molecule has 0 rings (SSSR count). The Labute approximate surface area is 60.1 Å². The summed E-state index contributed by atoms with van der Waals surface area (Å²) in [7, 11) is -4.20. The molecule has 0 atom stereocenters. The molecule has 0 saturated heterocycles. The highest BCUT2D eigenvalue weighted by Crippen LogP contribution is 2.47. The molecule has 0 spiro atoms. The van der Waals surface area contributed by atoms with Crippen molar-refractivity contribution in [3.8, 4) is 0 Å². The highest BCUT2D eigenvalue weighted by atomic mass is 31.2. The van der Waals surface area contributed by atoms with Crippen LogP contribution in [-0.4, -0.2) is 20.2 Å². The molecule has 4 nitrogen and oxygen atoms in total. The molecule has 60 valence electrons. The van der Waals surface area contributed by atoms with Crippen molar-refractivity contribution in [1.82, 2.24) is 0 Å². The molecule has 0 aliphatic heterocycles. The molecule has 0 aliphatic rings. The number of hydrogen-bond acceptors (Lipinski definition) is 4. The lowest BCUT2D eigenvalue weighted by Gasteiger charge is -2.02. The van der Waals surface area contributed by atoms with Crippen molar-refractivity contribution in [2.24, 2.45) is 5.92 Å². The Morgan fingerprint density at radius 3 is 1.90 bits per heavy atom. The summed E-state index contributed by atoms with van der Waals surface area (Å²) in [6.45, 7) is 3.52. The molecule has 0 aromatic carbocycles. The smallest absolute Gasteiger partial charge is 0.244 e. The summed E-state index contributed by atoms with van der Waals surface area (Å²) < 4.78 is 0. The highest BCUT2D eigenvalue weighted by molar-refractivity contribution is 7.76. The normalized spacial score (nSPS) is 12.2. The van der Waals surface area contributed by atoms with E-state index in [0.29, 0.717) is 0 Å². The summed E-state index contributed by atoms with van der Waals surface area (Å²) in [6, 6.07) is 0. The summed E-state index contributed by atoms with van der Waals surface area (Å²) in [5, 5.41) is 0. The van der Waals surface area contributed by atoms with E-state index >= 15 is 0 Å². The van der Waals surface area contributed by atoms with Gasteiger partial charge in [-0.05, 0) is 5.92 Å². The molecular formula is C5H12O4P+. The Hall–Kier alpha value is -0.0200. The first-order chi connectivity index (χ1) is 4.34. The van der Waals surface area contributed by atoms with Gasteiger partial charge in [-0.1, -0.05) is 13.8 Å². The van der Waals surface area contributed by atoms with Crippen LogP contribution in [0.1, 0.15) is 20.3 Å². The van der Waals surface area contributed by atoms with Crippen LogP contribution in [-0.2, 0) is 4.79 Å². The molecule has 0 fully saturated rings. The zero-order valence-corrected chi connectivity index (χ0v) is 6.88. The van der Waals surface area contributed by atoms with Crippen LogP contribution < -0.4 is 0 Å². The van der Waals surface area contributed by atoms with E-state index in [9.17, 15) is 4.79 Å². The first-order valence-electron chi connectivity index (χ1n) is 2.94. The van der Waals surface area contributed by atoms with Crippen LogP contribution in [0, 0.1) is 5.92 Å². The fourth-order valence-electron chi connectivity index (χ4n) is 0.472. The minimum atomic E-state index is -4.20. The average molecular weight is 167 g/mol. The third-order valence-corrected chi connectivity index (χ3v) is 1.77. The van der Waals surface area contributed by atoms with Gasteiger partial charge in [-0.3, -0.25) is 0 Å². The molecule has 0 saturated carbocycles. The molecule has 0 unspecified atom stereocenters. The highest BCUT2D eigenvalue weighted by Gasteiger charge is 2.41. The van der Waals surface area contributed by atoms with Gasteiger partial charge in [-0.25, -0.2) is 4.79 Å². The Bertz CT molecular complexity index is 126. The van der Waals surface area contributed by atoms with Crippen LogP contribution in [0.5, 0.6) is 0 Å². The Kier molecular flexibility index (Phi) is 3.39. The topological polar surface area (TPSA) is 77.8 Å². The quantitative estimate of drug-likeness (QED) is 0.528. The van der Waals surface area contributed by atoms with Gasteiger partial charge in [-0.2, -0.15) is 14.7 Å². The van der Waals surface area contributed by atoms with Crippen molar-refractivity contribution in [3.63, 3.8) is 0 Å². The van der Waals surface area contributed by atoms with Crippen molar-refractivity contribution < 1.29 is 19.5 Å². The molecule has 0 aromatic rings. The Morgan fingerprint density at radius 1 is 1.40 bits per heavy atom. The molecule has 0 aromatic heterocycles. The summed E-state index contributed by atoms with van der Waals surface area (Å²) in [4.78, 5) is 35.8. The Morgan fingerprint density at radius 2 is 1.80 bits per heavy atom. The molecular weight excluding hydrogens is 155 g/mol. The van der Waals surface area contributed by atoms with Gasteiger partial charge in [0.1, 0.15) is 0 Å². The van der Waals surface area contributed by atoms with Gasteiger partial charge in [0.2, 0.25) is 0 Å². The monoisotopic (exact) mass is 167 g/mol. The lowest BCUT2D eigenvalue weighted by atomic mass is 10.2. The van der Waals surface area contributed by atoms with Crippen LogP contribution in [0.15, 0.2) is 0 Å². The van der Waals surface area contributed by atoms with Gasteiger partial charge in [0.25, 0.3) is 0 Å². The third kappa shape index (κ3) is 3.90. The van der Waals surface area contributed by atoms with Crippen molar-refractivity contribution >= 4 is 13.5 Å².